The lowest BCUT2D eigenvalue weighted by atomic mass is 10.0. The molecule has 3 rings (SSSR count). The average molecular weight is 406 g/mol. The molecule has 2 aromatic carbocycles. The highest BCUT2D eigenvalue weighted by molar-refractivity contribution is 7.86. The molecule has 150 valence electrons. The third kappa shape index (κ3) is 5.39. The van der Waals surface area contributed by atoms with E-state index in [0.717, 1.165) is 17.4 Å². The first-order chi connectivity index (χ1) is 13.4. The first kappa shape index (κ1) is 20.5. The molecule has 0 saturated carbocycles. The predicted molar refractivity (Wildman–Crippen MR) is 102 cm³/mol. The highest BCUT2D eigenvalue weighted by Crippen LogP contribution is 2.26. The molecular weight excluding hydrogens is 384 g/mol. The first-order valence-corrected chi connectivity index (χ1v) is 10.6. The molecule has 0 aliphatic carbocycles. The zero-order valence-electron chi connectivity index (χ0n) is 15.6. The van der Waals surface area contributed by atoms with Crippen LogP contribution in [0.4, 0.5) is 0 Å². The Morgan fingerprint density at radius 2 is 1.71 bits per heavy atom. The second-order valence-electron chi connectivity index (χ2n) is 6.46. The largest absolute Gasteiger partial charge is 0.459 e. The molecule has 1 fully saturated rings. The quantitative estimate of drug-likeness (QED) is 0.516. The fraction of sp³-hybridized carbons (Fsp3) is 0.350. The van der Waals surface area contributed by atoms with Crippen molar-refractivity contribution < 1.29 is 31.6 Å². The van der Waals surface area contributed by atoms with Gasteiger partial charge in [0, 0.05) is 13.5 Å². The van der Waals surface area contributed by atoms with E-state index in [0.29, 0.717) is 5.56 Å². The summed E-state index contributed by atoms with van der Waals surface area (Å²) >= 11 is 0. The summed E-state index contributed by atoms with van der Waals surface area (Å²) in [4.78, 5) is 12.3. The highest BCUT2D eigenvalue weighted by atomic mass is 32.2. The lowest BCUT2D eigenvalue weighted by Crippen LogP contribution is -2.32. The second-order valence-corrected chi connectivity index (χ2v) is 8.06. The van der Waals surface area contributed by atoms with E-state index in [9.17, 15) is 13.2 Å². The zero-order valence-corrected chi connectivity index (χ0v) is 16.4. The molecular formula is C20H22O7S. The van der Waals surface area contributed by atoms with Crippen LogP contribution in [0.15, 0.2) is 54.6 Å². The molecule has 0 amide bonds. The number of methoxy groups -OCH3 is 1. The number of hydrogen-bond acceptors (Lipinski definition) is 7. The van der Waals surface area contributed by atoms with Crippen LogP contribution in [-0.2, 0) is 28.5 Å². The van der Waals surface area contributed by atoms with Gasteiger partial charge in [0.1, 0.15) is 18.8 Å². The highest BCUT2D eigenvalue weighted by Gasteiger charge is 2.39. The summed E-state index contributed by atoms with van der Waals surface area (Å²) < 4.78 is 43.8. The van der Waals surface area contributed by atoms with Crippen molar-refractivity contribution in [1.82, 2.24) is 0 Å². The van der Waals surface area contributed by atoms with Crippen LogP contribution in [0.2, 0.25) is 0 Å². The van der Waals surface area contributed by atoms with E-state index in [1.165, 1.54) is 7.11 Å². The average Bonchev–Trinajstić information content (AvgIpc) is 3.07. The van der Waals surface area contributed by atoms with Crippen LogP contribution < -0.4 is 0 Å². The van der Waals surface area contributed by atoms with Gasteiger partial charge in [-0.25, -0.2) is 4.79 Å². The van der Waals surface area contributed by atoms with Crippen molar-refractivity contribution in [3.8, 4) is 11.1 Å². The third-order valence-electron chi connectivity index (χ3n) is 4.33. The van der Waals surface area contributed by atoms with Gasteiger partial charge in [-0.15, -0.1) is 0 Å². The van der Waals surface area contributed by atoms with Crippen molar-refractivity contribution in [3.05, 3.63) is 60.2 Å². The number of ether oxygens (including phenoxy) is 3. The Morgan fingerprint density at radius 3 is 2.32 bits per heavy atom. The van der Waals surface area contributed by atoms with E-state index in [1.807, 2.05) is 42.5 Å². The lowest BCUT2D eigenvalue weighted by molar-refractivity contribution is -0.127. The van der Waals surface area contributed by atoms with Gasteiger partial charge in [0.25, 0.3) is 10.1 Å². The Hall–Kier alpha value is -2.26. The molecule has 1 unspecified atom stereocenters. The van der Waals surface area contributed by atoms with Gasteiger partial charge in [-0.1, -0.05) is 42.5 Å². The van der Waals surface area contributed by atoms with Crippen LogP contribution in [-0.4, -0.2) is 52.9 Å². The maximum Gasteiger partial charge on any atom is 0.338 e. The minimum Gasteiger partial charge on any atom is -0.459 e. The summed E-state index contributed by atoms with van der Waals surface area (Å²) in [5, 5.41) is 0. The molecule has 0 bridgehead atoms. The maximum absolute atomic E-state index is 12.3. The predicted octanol–water partition coefficient (Wildman–Crippen LogP) is 2.62. The Balaban J connectivity index is 1.61. The second kappa shape index (κ2) is 8.83. The van der Waals surface area contributed by atoms with E-state index in [1.54, 1.807) is 12.1 Å². The molecule has 1 heterocycles. The fourth-order valence-corrected chi connectivity index (χ4v) is 3.63. The van der Waals surface area contributed by atoms with Gasteiger partial charge in [-0.05, 0) is 23.3 Å². The van der Waals surface area contributed by atoms with Crippen LogP contribution in [0, 0.1) is 0 Å². The summed E-state index contributed by atoms with van der Waals surface area (Å²) in [5.41, 5.74) is 2.43. The number of hydrogen-bond donors (Lipinski definition) is 0. The summed E-state index contributed by atoms with van der Waals surface area (Å²) in [6, 6.07) is 16.9. The number of benzene rings is 2. The molecule has 0 radical (unpaired) electrons. The van der Waals surface area contributed by atoms with E-state index >= 15 is 0 Å². The molecule has 1 aliphatic heterocycles. The van der Waals surface area contributed by atoms with Crippen molar-refractivity contribution in [2.75, 3.05) is 20.0 Å². The number of esters is 1. The molecule has 1 aliphatic rings. The molecule has 28 heavy (non-hydrogen) atoms. The van der Waals surface area contributed by atoms with Gasteiger partial charge >= 0.3 is 5.97 Å². The summed E-state index contributed by atoms with van der Waals surface area (Å²) in [6.45, 7) is -0.140. The smallest absolute Gasteiger partial charge is 0.338 e. The van der Waals surface area contributed by atoms with E-state index in [-0.39, 0.29) is 13.0 Å². The van der Waals surface area contributed by atoms with Gasteiger partial charge in [-0.2, -0.15) is 8.42 Å². The Morgan fingerprint density at radius 1 is 1.07 bits per heavy atom. The van der Waals surface area contributed by atoms with Crippen molar-refractivity contribution in [1.29, 1.82) is 0 Å². The van der Waals surface area contributed by atoms with Gasteiger partial charge in [-0.3, -0.25) is 4.18 Å². The van der Waals surface area contributed by atoms with Crippen LogP contribution in [0.1, 0.15) is 16.8 Å². The molecule has 0 N–H and O–H groups in total. The lowest BCUT2D eigenvalue weighted by Gasteiger charge is -2.17. The number of carbonyl (C=O) groups excluding carboxylic acids is 1. The maximum atomic E-state index is 12.3. The molecule has 8 heteroatoms. The molecule has 7 nitrogen and oxygen atoms in total. The standard InChI is InChI=1S/C20H22O7S/c1-24-19-12-17(27-28(2,22)23)18(26-19)13-25-20(21)16-10-8-15(9-11-16)14-6-4-3-5-7-14/h3-11,17-19H,12-13H2,1-2H3/t17-,18+,19?/m0/s1. The van der Waals surface area contributed by atoms with Crippen LogP contribution in [0.3, 0.4) is 0 Å². The van der Waals surface area contributed by atoms with E-state index in [2.05, 4.69) is 0 Å². The normalized spacial score (nSPS) is 22.1. The first-order valence-electron chi connectivity index (χ1n) is 8.75. The molecule has 3 atom stereocenters. The van der Waals surface area contributed by atoms with E-state index in [4.69, 9.17) is 18.4 Å². The van der Waals surface area contributed by atoms with Crippen molar-refractivity contribution in [3.63, 3.8) is 0 Å². The van der Waals surface area contributed by atoms with Crippen molar-refractivity contribution in [2.45, 2.75) is 24.9 Å². The fourth-order valence-electron chi connectivity index (χ4n) is 2.97. The van der Waals surface area contributed by atoms with Gasteiger partial charge in [0.05, 0.1) is 11.8 Å². The van der Waals surface area contributed by atoms with Gasteiger partial charge < -0.3 is 14.2 Å². The molecule has 0 spiro atoms. The monoisotopic (exact) mass is 406 g/mol. The SMILES string of the molecule is COC1C[C@H](OS(C)(=O)=O)[C@@H](COC(=O)c2ccc(-c3ccccc3)cc2)O1. The minimum absolute atomic E-state index is 0.140. The van der Waals surface area contributed by atoms with Crippen LogP contribution in [0.5, 0.6) is 0 Å². The molecule has 1 saturated heterocycles. The molecule has 2 aromatic rings. The van der Waals surface area contributed by atoms with E-state index < -0.39 is 34.6 Å². The number of carbonyl (C=O) groups is 1. The Kier molecular flexibility index (Phi) is 6.46. The third-order valence-corrected chi connectivity index (χ3v) is 4.93. The Labute approximate surface area is 164 Å². The zero-order chi connectivity index (χ0) is 20.1. The van der Waals surface area contributed by atoms with Crippen LogP contribution in [0.25, 0.3) is 11.1 Å². The van der Waals surface area contributed by atoms with Crippen LogP contribution >= 0.6 is 0 Å². The summed E-state index contributed by atoms with van der Waals surface area (Å²) in [7, 11) is -2.22. The van der Waals surface area contributed by atoms with Crippen molar-refractivity contribution >= 4 is 16.1 Å². The molecule has 0 aromatic heterocycles. The summed E-state index contributed by atoms with van der Waals surface area (Å²) in [6.07, 6.45) is -0.914. The minimum atomic E-state index is -3.67. The van der Waals surface area contributed by atoms with Gasteiger partial charge in [0.2, 0.25) is 0 Å². The van der Waals surface area contributed by atoms with Gasteiger partial charge in [0.15, 0.2) is 6.29 Å². The topological polar surface area (TPSA) is 88.1 Å². The van der Waals surface area contributed by atoms with Crippen molar-refractivity contribution in [2.24, 2.45) is 0 Å². The Bertz CT molecular complexity index is 894. The number of rotatable bonds is 7. The summed E-state index contributed by atoms with van der Waals surface area (Å²) in [5.74, 6) is -0.526.